The standard InChI is InChI=1S/C17H23N3O6/c1-17(2,3)26-16(24)18-8-13(21)14(22)9-5-10(15(23)25-4)11-7-19-20-12(11)6-9/h5-7,13-14,21-22H,8H2,1-4H3,(H,18,24)(H,19,20). The van der Waals surface area contributed by atoms with E-state index in [0.717, 1.165) is 0 Å². The maximum Gasteiger partial charge on any atom is 0.407 e. The summed E-state index contributed by atoms with van der Waals surface area (Å²) in [5.41, 5.74) is 0.323. The van der Waals surface area contributed by atoms with E-state index in [1.165, 1.54) is 19.4 Å². The number of hydrogen-bond donors (Lipinski definition) is 4. The fourth-order valence-corrected chi connectivity index (χ4v) is 2.36. The molecule has 0 aliphatic carbocycles. The zero-order chi connectivity index (χ0) is 19.5. The Balaban J connectivity index is 2.14. The van der Waals surface area contributed by atoms with Crippen LogP contribution in [0.15, 0.2) is 18.3 Å². The minimum absolute atomic E-state index is 0.208. The van der Waals surface area contributed by atoms with Gasteiger partial charge in [0.2, 0.25) is 0 Å². The lowest BCUT2D eigenvalue weighted by molar-refractivity contribution is 0.0129. The number of nitrogens with one attached hydrogen (secondary N) is 2. The van der Waals surface area contributed by atoms with E-state index in [-0.39, 0.29) is 17.7 Å². The number of hydrogen-bond acceptors (Lipinski definition) is 7. The summed E-state index contributed by atoms with van der Waals surface area (Å²) >= 11 is 0. The van der Waals surface area contributed by atoms with Crippen LogP contribution in [0.25, 0.3) is 10.9 Å². The number of H-pyrrole nitrogens is 1. The largest absolute Gasteiger partial charge is 0.465 e. The third-order valence-corrected chi connectivity index (χ3v) is 3.55. The molecule has 9 heteroatoms. The van der Waals surface area contributed by atoms with Crippen LogP contribution in [-0.2, 0) is 9.47 Å². The molecule has 0 aliphatic heterocycles. The summed E-state index contributed by atoms with van der Waals surface area (Å²) in [6.45, 7) is 4.91. The average molecular weight is 365 g/mol. The van der Waals surface area contributed by atoms with Crippen LogP contribution < -0.4 is 5.32 Å². The predicted octanol–water partition coefficient (Wildman–Crippen LogP) is 1.27. The van der Waals surface area contributed by atoms with Gasteiger partial charge in [0.05, 0.1) is 24.4 Å². The molecule has 1 amide bonds. The second kappa shape index (κ2) is 7.71. The summed E-state index contributed by atoms with van der Waals surface area (Å²) in [6.07, 6.45) is -1.89. The van der Waals surface area contributed by atoms with Crippen molar-refractivity contribution in [3.05, 3.63) is 29.5 Å². The highest BCUT2D eigenvalue weighted by atomic mass is 16.6. The second-order valence-corrected chi connectivity index (χ2v) is 6.79. The van der Waals surface area contributed by atoms with Gasteiger partial charge in [0.15, 0.2) is 0 Å². The number of aliphatic hydroxyl groups is 2. The fraction of sp³-hybridized carbons (Fsp3) is 0.471. The minimum Gasteiger partial charge on any atom is -0.465 e. The third kappa shape index (κ3) is 4.70. The second-order valence-electron chi connectivity index (χ2n) is 6.79. The Labute approximate surface area is 150 Å². The van der Waals surface area contributed by atoms with Gasteiger partial charge in [-0.25, -0.2) is 9.59 Å². The molecule has 0 saturated heterocycles. The zero-order valence-electron chi connectivity index (χ0n) is 15.1. The first kappa shape index (κ1) is 19.7. The Morgan fingerprint density at radius 2 is 2.00 bits per heavy atom. The molecule has 0 fully saturated rings. The average Bonchev–Trinajstić information content (AvgIpc) is 3.04. The summed E-state index contributed by atoms with van der Waals surface area (Å²) in [6, 6.07) is 2.99. The number of carbonyl (C=O) groups is 2. The van der Waals surface area contributed by atoms with Crippen molar-refractivity contribution in [3.63, 3.8) is 0 Å². The molecule has 0 spiro atoms. The van der Waals surface area contributed by atoms with Crippen molar-refractivity contribution in [2.45, 2.75) is 38.6 Å². The van der Waals surface area contributed by atoms with Crippen molar-refractivity contribution in [1.82, 2.24) is 15.5 Å². The van der Waals surface area contributed by atoms with E-state index in [0.29, 0.717) is 10.9 Å². The summed E-state index contributed by atoms with van der Waals surface area (Å²) < 4.78 is 9.80. The van der Waals surface area contributed by atoms with Crippen LogP contribution in [0.4, 0.5) is 4.79 Å². The molecule has 2 aromatic rings. The minimum atomic E-state index is -1.35. The molecule has 1 aromatic carbocycles. The van der Waals surface area contributed by atoms with Gasteiger partial charge in [0.1, 0.15) is 17.8 Å². The molecule has 1 aromatic heterocycles. The molecule has 2 unspecified atom stereocenters. The number of ether oxygens (including phenoxy) is 2. The molecule has 9 nitrogen and oxygen atoms in total. The molecular weight excluding hydrogens is 342 g/mol. The highest BCUT2D eigenvalue weighted by Crippen LogP contribution is 2.25. The van der Waals surface area contributed by atoms with E-state index in [9.17, 15) is 19.8 Å². The van der Waals surface area contributed by atoms with E-state index >= 15 is 0 Å². The van der Waals surface area contributed by atoms with Crippen molar-refractivity contribution < 1.29 is 29.3 Å². The summed E-state index contributed by atoms with van der Waals surface area (Å²) in [5, 5.41) is 30.0. The summed E-state index contributed by atoms with van der Waals surface area (Å²) in [4.78, 5) is 23.6. The lowest BCUT2D eigenvalue weighted by Gasteiger charge is -2.22. The van der Waals surface area contributed by atoms with Crippen LogP contribution in [0.2, 0.25) is 0 Å². The maximum atomic E-state index is 11.9. The molecule has 4 N–H and O–H groups in total. The molecule has 0 radical (unpaired) electrons. The number of nitrogens with zero attached hydrogens (tertiary/aromatic N) is 1. The van der Waals surface area contributed by atoms with Crippen molar-refractivity contribution in [1.29, 1.82) is 0 Å². The Morgan fingerprint density at radius 3 is 2.62 bits per heavy atom. The molecule has 0 saturated carbocycles. The molecule has 2 atom stereocenters. The molecule has 142 valence electrons. The zero-order valence-corrected chi connectivity index (χ0v) is 15.1. The Hall–Kier alpha value is -2.65. The number of alkyl carbamates (subject to hydrolysis) is 1. The number of aromatic nitrogens is 2. The Kier molecular flexibility index (Phi) is 5.83. The smallest absolute Gasteiger partial charge is 0.407 e. The number of aromatic amines is 1. The fourth-order valence-electron chi connectivity index (χ4n) is 2.36. The van der Waals surface area contributed by atoms with Crippen LogP contribution in [0, 0.1) is 0 Å². The van der Waals surface area contributed by atoms with E-state index in [4.69, 9.17) is 9.47 Å². The molecule has 2 rings (SSSR count). The van der Waals surface area contributed by atoms with Crippen LogP contribution >= 0.6 is 0 Å². The number of aliphatic hydroxyl groups excluding tert-OH is 2. The van der Waals surface area contributed by atoms with Gasteiger partial charge in [-0.3, -0.25) is 5.10 Å². The summed E-state index contributed by atoms with van der Waals surface area (Å²) in [5.74, 6) is -0.591. The third-order valence-electron chi connectivity index (χ3n) is 3.55. The van der Waals surface area contributed by atoms with E-state index in [2.05, 4.69) is 15.5 Å². The van der Waals surface area contributed by atoms with Gasteiger partial charge < -0.3 is 25.0 Å². The molecule has 1 heterocycles. The first-order valence-corrected chi connectivity index (χ1v) is 8.00. The number of fused-ring (bicyclic) bond motifs is 1. The van der Waals surface area contributed by atoms with Crippen molar-refractivity contribution >= 4 is 23.0 Å². The van der Waals surface area contributed by atoms with Crippen molar-refractivity contribution in [2.75, 3.05) is 13.7 Å². The number of benzene rings is 1. The number of esters is 1. The highest BCUT2D eigenvalue weighted by Gasteiger charge is 2.24. The van der Waals surface area contributed by atoms with E-state index in [1.54, 1.807) is 26.8 Å². The van der Waals surface area contributed by atoms with Gasteiger partial charge in [-0.15, -0.1) is 0 Å². The normalized spacial score (nSPS) is 13.9. The molecule has 0 bridgehead atoms. The molecule has 26 heavy (non-hydrogen) atoms. The number of methoxy groups -OCH3 is 1. The quantitative estimate of drug-likeness (QED) is 0.586. The van der Waals surface area contributed by atoms with Gasteiger partial charge in [0.25, 0.3) is 0 Å². The van der Waals surface area contributed by atoms with E-state index in [1.807, 2.05) is 0 Å². The lowest BCUT2D eigenvalue weighted by Crippen LogP contribution is -2.38. The van der Waals surface area contributed by atoms with Crippen LogP contribution in [0.5, 0.6) is 0 Å². The van der Waals surface area contributed by atoms with Gasteiger partial charge >= 0.3 is 12.1 Å². The van der Waals surface area contributed by atoms with E-state index < -0.39 is 29.9 Å². The van der Waals surface area contributed by atoms with Crippen LogP contribution in [-0.4, -0.2) is 57.8 Å². The molecule has 0 aliphatic rings. The van der Waals surface area contributed by atoms with Gasteiger partial charge in [-0.2, -0.15) is 5.10 Å². The van der Waals surface area contributed by atoms with Crippen LogP contribution in [0.1, 0.15) is 42.8 Å². The Bertz CT molecular complexity index is 795. The topological polar surface area (TPSA) is 134 Å². The van der Waals surface area contributed by atoms with Gasteiger partial charge in [-0.05, 0) is 38.5 Å². The first-order chi connectivity index (χ1) is 12.1. The highest BCUT2D eigenvalue weighted by molar-refractivity contribution is 6.03. The predicted molar refractivity (Wildman–Crippen MR) is 92.6 cm³/mol. The monoisotopic (exact) mass is 365 g/mol. The number of carbonyl (C=O) groups excluding carboxylic acids is 2. The SMILES string of the molecule is COC(=O)c1cc(C(O)C(O)CNC(=O)OC(C)(C)C)cc2[nH]ncc12. The van der Waals surface area contributed by atoms with Gasteiger partial charge in [0, 0.05) is 11.9 Å². The lowest BCUT2D eigenvalue weighted by atomic mass is 9.99. The maximum absolute atomic E-state index is 11.9. The number of rotatable bonds is 5. The van der Waals surface area contributed by atoms with Crippen LogP contribution in [0.3, 0.4) is 0 Å². The van der Waals surface area contributed by atoms with Crippen molar-refractivity contribution in [3.8, 4) is 0 Å². The van der Waals surface area contributed by atoms with Gasteiger partial charge in [-0.1, -0.05) is 0 Å². The first-order valence-electron chi connectivity index (χ1n) is 8.00. The Morgan fingerprint density at radius 1 is 1.31 bits per heavy atom. The number of amides is 1. The molecular formula is C17H23N3O6. The summed E-state index contributed by atoms with van der Waals surface area (Å²) in [7, 11) is 1.25. The van der Waals surface area contributed by atoms with Crippen molar-refractivity contribution in [2.24, 2.45) is 0 Å².